The second-order valence-electron chi connectivity index (χ2n) is 6.53. The molecule has 1 aromatic carbocycles. The molecule has 1 aromatic rings. The Kier molecular flexibility index (Phi) is 4.05. The summed E-state index contributed by atoms with van der Waals surface area (Å²) in [6.07, 6.45) is -0.690. The summed E-state index contributed by atoms with van der Waals surface area (Å²) in [6, 6.07) is 6.25. The Bertz CT molecular complexity index is 544. The van der Waals surface area contributed by atoms with Crippen molar-refractivity contribution in [1.82, 2.24) is 4.90 Å². The topological polar surface area (TPSA) is 77.8 Å². The second kappa shape index (κ2) is 5.48. The van der Waals surface area contributed by atoms with Gasteiger partial charge >= 0.3 is 5.97 Å². The fraction of sp³-hybridized carbons (Fsp3) is 0.500. The van der Waals surface area contributed by atoms with Crippen molar-refractivity contribution < 1.29 is 19.8 Å². The summed E-state index contributed by atoms with van der Waals surface area (Å²) in [5, 5.41) is 18.8. The van der Waals surface area contributed by atoms with Crippen LogP contribution in [0.2, 0.25) is 0 Å². The van der Waals surface area contributed by atoms with Gasteiger partial charge in [0.2, 0.25) is 0 Å². The summed E-state index contributed by atoms with van der Waals surface area (Å²) >= 11 is 0. The predicted molar refractivity (Wildman–Crippen MR) is 78.2 cm³/mol. The van der Waals surface area contributed by atoms with Crippen molar-refractivity contribution in [2.24, 2.45) is 0 Å². The van der Waals surface area contributed by atoms with Crippen LogP contribution >= 0.6 is 0 Å². The van der Waals surface area contributed by atoms with Crippen LogP contribution in [-0.2, 0) is 10.2 Å². The Morgan fingerprint density at radius 3 is 2.24 bits per heavy atom. The Labute approximate surface area is 124 Å². The highest BCUT2D eigenvalue weighted by Gasteiger charge is 2.39. The summed E-state index contributed by atoms with van der Waals surface area (Å²) in [5.41, 5.74) is 1.55. The minimum Gasteiger partial charge on any atom is -0.480 e. The maximum absolute atomic E-state index is 12.4. The summed E-state index contributed by atoms with van der Waals surface area (Å²) in [6.45, 7) is 6.32. The van der Waals surface area contributed by atoms with Gasteiger partial charge in [0.1, 0.15) is 6.04 Å². The highest BCUT2D eigenvalue weighted by atomic mass is 16.4. The molecule has 0 bridgehead atoms. The molecule has 5 nitrogen and oxygen atoms in total. The van der Waals surface area contributed by atoms with Crippen LogP contribution in [0.1, 0.15) is 43.1 Å². The van der Waals surface area contributed by atoms with Crippen LogP contribution < -0.4 is 0 Å². The molecule has 114 valence electrons. The summed E-state index contributed by atoms with van der Waals surface area (Å²) in [7, 11) is 0. The number of likely N-dealkylation sites (tertiary alicyclic amines) is 1. The number of carboxylic acids is 1. The van der Waals surface area contributed by atoms with E-state index in [0.29, 0.717) is 5.56 Å². The number of carbonyl (C=O) groups is 2. The first kappa shape index (κ1) is 15.5. The molecule has 2 N–H and O–H groups in total. The van der Waals surface area contributed by atoms with Crippen molar-refractivity contribution in [2.45, 2.75) is 44.8 Å². The largest absolute Gasteiger partial charge is 0.480 e. The molecule has 0 spiro atoms. The van der Waals surface area contributed by atoms with Gasteiger partial charge in [-0.3, -0.25) is 4.79 Å². The van der Waals surface area contributed by atoms with E-state index in [-0.39, 0.29) is 24.3 Å². The SMILES string of the molecule is CC(C)(C)c1ccc(C(=O)N2C[C@H](O)C[C@H]2C(=O)O)cc1. The van der Waals surface area contributed by atoms with Crippen molar-refractivity contribution >= 4 is 11.9 Å². The number of rotatable bonds is 2. The van der Waals surface area contributed by atoms with E-state index in [4.69, 9.17) is 5.11 Å². The van der Waals surface area contributed by atoms with Gasteiger partial charge in [0.25, 0.3) is 5.91 Å². The fourth-order valence-electron chi connectivity index (χ4n) is 2.55. The Morgan fingerprint density at radius 2 is 1.76 bits per heavy atom. The van der Waals surface area contributed by atoms with Gasteiger partial charge < -0.3 is 15.1 Å². The highest BCUT2D eigenvalue weighted by Crippen LogP contribution is 2.24. The molecule has 2 rings (SSSR count). The number of carbonyl (C=O) groups excluding carboxylic acids is 1. The Morgan fingerprint density at radius 1 is 1.19 bits per heavy atom. The third-order valence-corrected chi connectivity index (χ3v) is 3.82. The molecule has 1 heterocycles. The lowest BCUT2D eigenvalue weighted by Gasteiger charge is -2.22. The van der Waals surface area contributed by atoms with Crippen LogP contribution in [0.3, 0.4) is 0 Å². The molecular weight excluding hydrogens is 270 g/mol. The maximum Gasteiger partial charge on any atom is 0.326 e. The minimum atomic E-state index is -1.08. The van der Waals surface area contributed by atoms with E-state index in [1.165, 1.54) is 4.90 Å². The lowest BCUT2D eigenvalue weighted by Crippen LogP contribution is -2.40. The van der Waals surface area contributed by atoms with Gasteiger partial charge in [0.15, 0.2) is 0 Å². The summed E-state index contributed by atoms with van der Waals surface area (Å²) in [5.74, 6) is -1.43. The smallest absolute Gasteiger partial charge is 0.326 e. The molecule has 1 amide bonds. The Balaban J connectivity index is 2.22. The van der Waals surface area contributed by atoms with Gasteiger partial charge in [0, 0.05) is 18.5 Å². The lowest BCUT2D eigenvalue weighted by molar-refractivity contribution is -0.141. The van der Waals surface area contributed by atoms with Crippen LogP contribution in [-0.4, -0.2) is 45.7 Å². The molecule has 2 atom stereocenters. The average molecular weight is 291 g/mol. The number of aliphatic hydroxyl groups excluding tert-OH is 1. The van der Waals surface area contributed by atoms with Gasteiger partial charge in [-0.15, -0.1) is 0 Å². The molecule has 0 unspecified atom stereocenters. The third-order valence-electron chi connectivity index (χ3n) is 3.82. The van der Waals surface area contributed by atoms with Gasteiger partial charge in [-0.1, -0.05) is 32.9 Å². The lowest BCUT2D eigenvalue weighted by atomic mass is 9.86. The molecular formula is C16H21NO4. The molecule has 21 heavy (non-hydrogen) atoms. The van der Waals surface area contributed by atoms with E-state index >= 15 is 0 Å². The van der Waals surface area contributed by atoms with Crippen molar-refractivity contribution in [3.8, 4) is 0 Å². The summed E-state index contributed by atoms with van der Waals surface area (Å²) in [4.78, 5) is 24.8. The van der Waals surface area contributed by atoms with Crippen LogP contribution in [0.25, 0.3) is 0 Å². The van der Waals surface area contributed by atoms with E-state index < -0.39 is 18.1 Å². The van der Waals surface area contributed by atoms with Gasteiger partial charge in [-0.05, 0) is 23.1 Å². The van der Waals surface area contributed by atoms with Crippen molar-refractivity contribution in [3.63, 3.8) is 0 Å². The monoisotopic (exact) mass is 291 g/mol. The first-order valence-corrected chi connectivity index (χ1v) is 7.02. The molecule has 1 aliphatic heterocycles. The minimum absolute atomic E-state index is 0.00494. The number of benzene rings is 1. The second-order valence-corrected chi connectivity index (χ2v) is 6.53. The molecule has 0 saturated carbocycles. The first-order valence-electron chi connectivity index (χ1n) is 7.02. The van der Waals surface area contributed by atoms with Gasteiger partial charge in [0.05, 0.1) is 6.10 Å². The number of hydrogen-bond acceptors (Lipinski definition) is 3. The van der Waals surface area contributed by atoms with Crippen LogP contribution in [0.5, 0.6) is 0 Å². The summed E-state index contributed by atoms with van der Waals surface area (Å²) < 4.78 is 0. The Hall–Kier alpha value is -1.88. The predicted octanol–water partition coefficient (Wildman–Crippen LogP) is 1.64. The number of aliphatic carboxylic acids is 1. The number of amides is 1. The van der Waals surface area contributed by atoms with E-state index in [0.717, 1.165) is 5.56 Å². The van der Waals surface area contributed by atoms with Crippen LogP contribution in [0.4, 0.5) is 0 Å². The normalized spacial score (nSPS) is 22.4. The van der Waals surface area contributed by atoms with Crippen molar-refractivity contribution in [3.05, 3.63) is 35.4 Å². The van der Waals surface area contributed by atoms with E-state index in [1.54, 1.807) is 12.1 Å². The zero-order valence-corrected chi connectivity index (χ0v) is 12.5. The van der Waals surface area contributed by atoms with Crippen molar-refractivity contribution in [1.29, 1.82) is 0 Å². The number of nitrogens with zero attached hydrogens (tertiary/aromatic N) is 1. The maximum atomic E-state index is 12.4. The zero-order chi connectivity index (χ0) is 15.8. The molecule has 1 saturated heterocycles. The van der Waals surface area contributed by atoms with E-state index in [2.05, 4.69) is 20.8 Å². The van der Waals surface area contributed by atoms with Gasteiger partial charge in [-0.25, -0.2) is 4.79 Å². The first-order chi connectivity index (χ1) is 9.70. The molecule has 1 fully saturated rings. The fourth-order valence-corrected chi connectivity index (χ4v) is 2.55. The zero-order valence-electron chi connectivity index (χ0n) is 12.5. The van der Waals surface area contributed by atoms with Crippen LogP contribution in [0, 0.1) is 0 Å². The number of aliphatic hydroxyl groups is 1. The van der Waals surface area contributed by atoms with E-state index in [9.17, 15) is 14.7 Å². The number of β-amino-alcohol motifs (C(OH)–C–C–N with tert-alkyl or cyclic N) is 1. The molecule has 0 aromatic heterocycles. The molecule has 0 aliphatic carbocycles. The van der Waals surface area contributed by atoms with E-state index in [1.807, 2.05) is 12.1 Å². The van der Waals surface area contributed by atoms with Crippen LogP contribution in [0.15, 0.2) is 24.3 Å². The average Bonchev–Trinajstić information content (AvgIpc) is 2.79. The number of hydrogen-bond donors (Lipinski definition) is 2. The number of carboxylic acid groups (broad SMARTS) is 1. The molecule has 5 heteroatoms. The quantitative estimate of drug-likeness (QED) is 0.868. The third kappa shape index (κ3) is 3.24. The van der Waals surface area contributed by atoms with Gasteiger partial charge in [-0.2, -0.15) is 0 Å². The molecule has 0 radical (unpaired) electrons. The standard InChI is InChI=1S/C16H21NO4/c1-16(2,3)11-6-4-10(5-7-11)14(19)17-9-12(18)8-13(17)15(20)21/h4-7,12-13,18H,8-9H2,1-3H3,(H,20,21)/t12-,13+/m1/s1. The van der Waals surface area contributed by atoms with Crippen molar-refractivity contribution in [2.75, 3.05) is 6.54 Å². The highest BCUT2D eigenvalue weighted by molar-refractivity contribution is 5.97. The molecule has 1 aliphatic rings.